The van der Waals surface area contributed by atoms with E-state index in [9.17, 15) is 9.59 Å². The van der Waals surface area contributed by atoms with Crippen LogP contribution in [-0.2, 0) is 19.1 Å². The molecule has 0 bridgehead atoms. The van der Waals surface area contributed by atoms with E-state index in [1.807, 2.05) is 6.92 Å². The van der Waals surface area contributed by atoms with Gasteiger partial charge in [-0.25, -0.2) is 9.59 Å². The number of esters is 2. The van der Waals surface area contributed by atoms with Crippen molar-refractivity contribution in [3.8, 4) is 0 Å². The van der Waals surface area contributed by atoms with Gasteiger partial charge in [0.25, 0.3) is 0 Å². The minimum absolute atomic E-state index is 0.0493. The second-order valence-corrected chi connectivity index (χ2v) is 2.76. The van der Waals surface area contributed by atoms with Crippen molar-refractivity contribution in [2.24, 2.45) is 0 Å². The number of ether oxygens (including phenoxy) is 2. The summed E-state index contributed by atoms with van der Waals surface area (Å²) in [6, 6.07) is 0. The topological polar surface area (TPSA) is 52.6 Å². The molecule has 0 heterocycles. The maximum atomic E-state index is 11.0. The zero-order chi connectivity index (χ0) is 11.5. The Kier molecular flexibility index (Phi) is 8.05. The molecule has 0 saturated heterocycles. The first-order chi connectivity index (χ1) is 7.20. The van der Waals surface area contributed by atoms with Gasteiger partial charge in [0.2, 0.25) is 0 Å². The molecule has 0 aromatic carbocycles. The Morgan fingerprint density at radius 3 is 2.60 bits per heavy atom. The first-order valence-electron chi connectivity index (χ1n) is 4.83. The fraction of sp³-hybridized carbons (Fsp3) is 0.455. The lowest BCUT2D eigenvalue weighted by atomic mass is 10.4. The number of hydrogen-bond donors (Lipinski definition) is 0. The molecule has 4 heteroatoms. The molecule has 0 rings (SSSR count). The molecule has 0 aromatic rings. The Balaban J connectivity index is 3.54. The predicted molar refractivity (Wildman–Crippen MR) is 56.2 cm³/mol. The molecular formula is C11H16O4. The summed E-state index contributed by atoms with van der Waals surface area (Å²) in [6.07, 6.45) is 5.56. The van der Waals surface area contributed by atoms with E-state index in [4.69, 9.17) is 4.74 Å². The van der Waals surface area contributed by atoms with Crippen LogP contribution in [0.4, 0.5) is 0 Å². The molecule has 0 aliphatic carbocycles. The minimum Gasteiger partial charge on any atom is -0.463 e. The van der Waals surface area contributed by atoms with Crippen LogP contribution in [0.2, 0.25) is 0 Å². The standard InChI is InChI=1S/C11H16O4/c1-3-5-8-15-11(13)7-6-9-14-10(12)4-2/h4,6-7H,2-3,5,8-9H2,1H3. The summed E-state index contributed by atoms with van der Waals surface area (Å²) in [5.74, 6) is -0.933. The highest BCUT2D eigenvalue weighted by atomic mass is 16.5. The van der Waals surface area contributed by atoms with Gasteiger partial charge in [-0.2, -0.15) is 0 Å². The van der Waals surface area contributed by atoms with E-state index < -0.39 is 11.9 Å². The van der Waals surface area contributed by atoms with Crippen LogP contribution in [0.3, 0.4) is 0 Å². The van der Waals surface area contributed by atoms with Gasteiger partial charge in [0, 0.05) is 12.2 Å². The highest BCUT2D eigenvalue weighted by Crippen LogP contribution is 1.90. The largest absolute Gasteiger partial charge is 0.463 e. The van der Waals surface area contributed by atoms with Gasteiger partial charge in [0.05, 0.1) is 6.61 Å². The maximum Gasteiger partial charge on any atom is 0.330 e. The van der Waals surface area contributed by atoms with Crippen LogP contribution in [0.5, 0.6) is 0 Å². The molecule has 0 N–H and O–H groups in total. The van der Waals surface area contributed by atoms with Crippen molar-refractivity contribution < 1.29 is 19.1 Å². The number of unbranched alkanes of at least 4 members (excludes halogenated alkanes) is 1. The van der Waals surface area contributed by atoms with Gasteiger partial charge in [-0.1, -0.05) is 19.9 Å². The second-order valence-electron chi connectivity index (χ2n) is 2.76. The quantitative estimate of drug-likeness (QED) is 0.365. The van der Waals surface area contributed by atoms with Crippen LogP contribution in [0.25, 0.3) is 0 Å². The molecule has 84 valence electrons. The number of rotatable bonds is 7. The number of carbonyl (C=O) groups excluding carboxylic acids is 2. The molecular weight excluding hydrogens is 196 g/mol. The molecule has 0 amide bonds. The predicted octanol–water partition coefficient (Wildman–Crippen LogP) is 1.62. The van der Waals surface area contributed by atoms with E-state index in [1.54, 1.807) is 0 Å². The van der Waals surface area contributed by atoms with Gasteiger partial charge in [-0.3, -0.25) is 0 Å². The summed E-state index contributed by atoms with van der Waals surface area (Å²) in [7, 11) is 0. The molecule has 0 radical (unpaired) electrons. The Hall–Kier alpha value is -1.58. The lowest BCUT2D eigenvalue weighted by molar-refractivity contribution is -0.139. The molecule has 0 aliphatic heterocycles. The van der Waals surface area contributed by atoms with Crippen molar-refractivity contribution >= 4 is 11.9 Å². The normalized spacial score (nSPS) is 9.93. The molecule has 4 nitrogen and oxygen atoms in total. The zero-order valence-corrected chi connectivity index (χ0v) is 8.90. The Labute approximate surface area is 89.6 Å². The van der Waals surface area contributed by atoms with Gasteiger partial charge in [0.15, 0.2) is 0 Å². The fourth-order valence-corrected chi connectivity index (χ4v) is 0.699. The van der Waals surface area contributed by atoms with E-state index in [0.717, 1.165) is 18.9 Å². The highest BCUT2D eigenvalue weighted by Gasteiger charge is 1.96. The van der Waals surface area contributed by atoms with Crippen LogP contribution in [0.15, 0.2) is 24.8 Å². The van der Waals surface area contributed by atoms with E-state index in [0.29, 0.717) is 6.61 Å². The fourth-order valence-electron chi connectivity index (χ4n) is 0.699. The van der Waals surface area contributed by atoms with Crippen molar-refractivity contribution in [2.45, 2.75) is 19.8 Å². The van der Waals surface area contributed by atoms with Crippen LogP contribution < -0.4 is 0 Å². The van der Waals surface area contributed by atoms with Crippen LogP contribution in [0, 0.1) is 0 Å². The van der Waals surface area contributed by atoms with Crippen molar-refractivity contribution in [3.05, 3.63) is 24.8 Å². The number of carbonyl (C=O) groups is 2. The van der Waals surface area contributed by atoms with Gasteiger partial charge < -0.3 is 9.47 Å². The average molecular weight is 212 g/mol. The summed E-state index contributed by atoms with van der Waals surface area (Å²) in [5, 5.41) is 0. The van der Waals surface area contributed by atoms with E-state index in [1.165, 1.54) is 12.2 Å². The molecule has 0 atom stereocenters. The Bertz CT molecular complexity index is 243. The van der Waals surface area contributed by atoms with E-state index >= 15 is 0 Å². The lowest BCUT2D eigenvalue weighted by Gasteiger charge is -1.99. The summed E-state index contributed by atoms with van der Waals surface area (Å²) >= 11 is 0. The monoisotopic (exact) mass is 212 g/mol. The first kappa shape index (κ1) is 13.4. The summed E-state index contributed by atoms with van der Waals surface area (Å²) in [4.78, 5) is 21.5. The van der Waals surface area contributed by atoms with Crippen molar-refractivity contribution in [3.63, 3.8) is 0 Å². The number of hydrogen-bond acceptors (Lipinski definition) is 4. The molecule has 0 aromatic heterocycles. The van der Waals surface area contributed by atoms with Gasteiger partial charge in [0.1, 0.15) is 6.61 Å². The van der Waals surface area contributed by atoms with Gasteiger partial charge >= 0.3 is 11.9 Å². The lowest BCUT2D eigenvalue weighted by Crippen LogP contribution is -2.03. The molecule has 0 fully saturated rings. The molecule has 0 aliphatic rings. The summed E-state index contributed by atoms with van der Waals surface area (Å²) in [6.45, 7) is 5.72. The maximum absolute atomic E-state index is 11.0. The minimum atomic E-state index is -0.515. The second kappa shape index (κ2) is 8.99. The molecule has 0 unspecified atom stereocenters. The first-order valence-corrected chi connectivity index (χ1v) is 4.83. The molecule has 15 heavy (non-hydrogen) atoms. The highest BCUT2D eigenvalue weighted by molar-refractivity contribution is 5.82. The average Bonchev–Trinajstić information content (AvgIpc) is 2.24. The van der Waals surface area contributed by atoms with Crippen LogP contribution >= 0.6 is 0 Å². The van der Waals surface area contributed by atoms with Crippen LogP contribution in [-0.4, -0.2) is 25.2 Å². The summed E-state index contributed by atoms with van der Waals surface area (Å²) in [5.41, 5.74) is 0. The summed E-state index contributed by atoms with van der Waals surface area (Å²) < 4.78 is 9.45. The Morgan fingerprint density at radius 1 is 1.27 bits per heavy atom. The van der Waals surface area contributed by atoms with Gasteiger partial charge in [-0.15, -0.1) is 0 Å². The van der Waals surface area contributed by atoms with E-state index in [2.05, 4.69) is 11.3 Å². The SMILES string of the molecule is C=CC(=O)OCC=CC(=O)OCCCC. The van der Waals surface area contributed by atoms with Crippen LogP contribution in [0.1, 0.15) is 19.8 Å². The third-order valence-corrected chi connectivity index (χ3v) is 1.48. The van der Waals surface area contributed by atoms with Crippen molar-refractivity contribution in [2.75, 3.05) is 13.2 Å². The van der Waals surface area contributed by atoms with E-state index in [-0.39, 0.29) is 6.61 Å². The Morgan fingerprint density at radius 2 is 2.00 bits per heavy atom. The third kappa shape index (κ3) is 8.74. The van der Waals surface area contributed by atoms with Gasteiger partial charge in [-0.05, 0) is 12.5 Å². The third-order valence-electron chi connectivity index (χ3n) is 1.48. The van der Waals surface area contributed by atoms with Crippen molar-refractivity contribution in [1.29, 1.82) is 0 Å². The smallest absolute Gasteiger partial charge is 0.330 e. The zero-order valence-electron chi connectivity index (χ0n) is 8.90. The molecule has 0 saturated carbocycles. The van der Waals surface area contributed by atoms with Crippen molar-refractivity contribution in [1.82, 2.24) is 0 Å². The molecule has 0 spiro atoms.